The Morgan fingerprint density at radius 2 is 2.20 bits per heavy atom. The van der Waals surface area contributed by atoms with E-state index in [9.17, 15) is 14.7 Å². The van der Waals surface area contributed by atoms with Gasteiger partial charge in [0.05, 0.1) is 6.04 Å². The molecule has 1 N–H and O–H groups in total. The molecule has 1 unspecified atom stereocenters. The lowest BCUT2D eigenvalue weighted by molar-refractivity contribution is -0.171. The Kier molecular flexibility index (Phi) is 5.02. The highest BCUT2D eigenvalue weighted by atomic mass is 16.6. The Bertz CT molecular complexity index is 625. The smallest absolute Gasteiger partial charge is 0.338 e. The van der Waals surface area contributed by atoms with Gasteiger partial charge in [0.15, 0.2) is 5.60 Å². The highest BCUT2D eigenvalue weighted by molar-refractivity contribution is 5.89. The normalized spacial score (nSPS) is 38.5. The molecule has 0 saturated carbocycles. The summed E-state index contributed by atoms with van der Waals surface area (Å²) in [6.07, 6.45) is 4.83. The highest BCUT2D eigenvalue weighted by Crippen LogP contribution is 2.35. The second kappa shape index (κ2) is 6.92. The average Bonchev–Trinajstić information content (AvgIpc) is 3.18. The second-order valence-corrected chi connectivity index (χ2v) is 7.22. The second-order valence-electron chi connectivity index (χ2n) is 7.22. The molecule has 0 amide bonds. The van der Waals surface area contributed by atoms with E-state index in [1.807, 2.05) is 6.08 Å². The molecular formula is C19H27NO5. The maximum Gasteiger partial charge on any atom is 0.338 e. The SMILES string of the molecule is C/C=C1/C[C@@H](C)[C@](O)(CC)C(=O)OCC2=CCN3CC[C@@H](OC1=O)C23. The summed E-state index contributed by atoms with van der Waals surface area (Å²) >= 11 is 0. The molecule has 0 bridgehead atoms. The summed E-state index contributed by atoms with van der Waals surface area (Å²) in [5.74, 6) is -1.41. The number of carbonyl (C=O) groups is 2. The van der Waals surface area contributed by atoms with Crippen molar-refractivity contribution in [3.8, 4) is 0 Å². The van der Waals surface area contributed by atoms with Gasteiger partial charge in [0.2, 0.25) is 0 Å². The van der Waals surface area contributed by atoms with Crippen LogP contribution in [0.25, 0.3) is 0 Å². The molecule has 6 nitrogen and oxygen atoms in total. The third-order valence-corrected chi connectivity index (χ3v) is 5.89. The third kappa shape index (κ3) is 3.13. The van der Waals surface area contributed by atoms with Crippen molar-refractivity contribution < 1.29 is 24.2 Å². The molecule has 0 aliphatic carbocycles. The lowest BCUT2D eigenvalue weighted by atomic mass is 9.82. The Morgan fingerprint density at radius 1 is 1.44 bits per heavy atom. The van der Waals surface area contributed by atoms with E-state index in [1.54, 1.807) is 26.8 Å². The predicted molar refractivity (Wildman–Crippen MR) is 91.7 cm³/mol. The maximum atomic E-state index is 12.6. The van der Waals surface area contributed by atoms with Crippen LogP contribution in [0.4, 0.5) is 0 Å². The summed E-state index contributed by atoms with van der Waals surface area (Å²) in [7, 11) is 0. The summed E-state index contributed by atoms with van der Waals surface area (Å²) in [4.78, 5) is 27.5. The summed E-state index contributed by atoms with van der Waals surface area (Å²) in [5.41, 5.74) is -0.158. The molecule has 4 atom stereocenters. The van der Waals surface area contributed by atoms with Crippen molar-refractivity contribution in [3.05, 3.63) is 23.3 Å². The van der Waals surface area contributed by atoms with Gasteiger partial charge < -0.3 is 14.6 Å². The largest absolute Gasteiger partial charge is 0.459 e. The maximum absolute atomic E-state index is 12.6. The van der Waals surface area contributed by atoms with Crippen molar-refractivity contribution in [2.45, 2.75) is 57.8 Å². The van der Waals surface area contributed by atoms with Crippen molar-refractivity contribution in [1.29, 1.82) is 0 Å². The monoisotopic (exact) mass is 349 g/mol. The standard InChI is InChI=1S/C19H27NO5/c1-4-13-10-12(3)19(23,5-2)18(22)24-11-14-6-8-20-9-7-15(16(14)20)25-17(13)21/h4,6,12,15-16,23H,5,7-11H2,1-3H3/b13-4-/t12-,15-,16?,19-/m1/s1. The first-order valence-corrected chi connectivity index (χ1v) is 9.09. The van der Waals surface area contributed by atoms with Crippen LogP contribution in [0.1, 0.15) is 40.0 Å². The van der Waals surface area contributed by atoms with Gasteiger partial charge in [-0.15, -0.1) is 0 Å². The van der Waals surface area contributed by atoms with E-state index in [-0.39, 0.29) is 37.6 Å². The summed E-state index contributed by atoms with van der Waals surface area (Å²) in [6.45, 7) is 7.07. The van der Waals surface area contributed by atoms with E-state index < -0.39 is 17.5 Å². The van der Waals surface area contributed by atoms with Crippen LogP contribution in [0.2, 0.25) is 0 Å². The van der Waals surface area contributed by atoms with Gasteiger partial charge >= 0.3 is 11.9 Å². The number of hydrogen-bond acceptors (Lipinski definition) is 6. The van der Waals surface area contributed by atoms with Crippen LogP contribution in [0, 0.1) is 5.92 Å². The molecule has 6 heteroatoms. The molecule has 0 spiro atoms. The topological polar surface area (TPSA) is 76.1 Å². The van der Waals surface area contributed by atoms with Gasteiger partial charge in [-0.3, -0.25) is 4.90 Å². The zero-order valence-electron chi connectivity index (χ0n) is 15.2. The Balaban J connectivity index is 1.93. The van der Waals surface area contributed by atoms with Gasteiger partial charge in [-0.2, -0.15) is 0 Å². The fourth-order valence-corrected chi connectivity index (χ4v) is 4.12. The molecule has 0 aromatic heterocycles. The number of nitrogens with zero attached hydrogens (tertiary/aromatic N) is 1. The minimum absolute atomic E-state index is 0.0265. The van der Waals surface area contributed by atoms with Crippen molar-refractivity contribution >= 4 is 11.9 Å². The quantitative estimate of drug-likeness (QED) is 0.440. The van der Waals surface area contributed by atoms with E-state index in [2.05, 4.69) is 4.90 Å². The fourth-order valence-electron chi connectivity index (χ4n) is 4.12. The number of ether oxygens (including phenoxy) is 2. The van der Waals surface area contributed by atoms with Gasteiger partial charge in [-0.1, -0.05) is 26.0 Å². The van der Waals surface area contributed by atoms with Crippen LogP contribution in [0.15, 0.2) is 23.3 Å². The van der Waals surface area contributed by atoms with Gasteiger partial charge in [0, 0.05) is 18.7 Å². The molecular weight excluding hydrogens is 322 g/mol. The molecule has 0 aromatic rings. The number of hydrogen-bond donors (Lipinski definition) is 1. The van der Waals surface area contributed by atoms with E-state index >= 15 is 0 Å². The van der Waals surface area contributed by atoms with E-state index in [1.165, 1.54) is 0 Å². The molecule has 3 aliphatic heterocycles. The predicted octanol–water partition coefficient (Wildman–Crippen LogP) is 1.58. The van der Waals surface area contributed by atoms with Crippen LogP contribution < -0.4 is 0 Å². The summed E-state index contributed by atoms with van der Waals surface area (Å²) < 4.78 is 11.3. The molecule has 3 rings (SSSR count). The Morgan fingerprint density at radius 3 is 2.88 bits per heavy atom. The Hall–Kier alpha value is -1.66. The average molecular weight is 349 g/mol. The number of rotatable bonds is 1. The highest BCUT2D eigenvalue weighted by Gasteiger charge is 2.46. The number of cyclic esters (lactones) is 1. The molecule has 3 aliphatic rings. The van der Waals surface area contributed by atoms with Crippen molar-refractivity contribution in [3.63, 3.8) is 0 Å². The van der Waals surface area contributed by atoms with Crippen molar-refractivity contribution in [1.82, 2.24) is 4.90 Å². The summed E-state index contributed by atoms with van der Waals surface area (Å²) in [6, 6.07) is -0.0265. The zero-order chi connectivity index (χ0) is 18.2. The van der Waals surface area contributed by atoms with Crippen LogP contribution >= 0.6 is 0 Å². The van der Waals surface area contributed by atoms with Crippen LogP contribution in [-0.2, 0) is 19.1 Å². The minimum atomic E-state index is -1.61. The fraction of sp³-hybridized carbons (Fsp3) is 0.684. The lowest BCUT2D eigenvalue weighted by Gasteiger charge is -2.33. The van der Waals surface area contributed by atoms with E-state index in [0.29, 0.717) is 5.57 Å². The molecule has 0 radical (unpaired) electrons. The molecule has 3 heterocycles. The number of allylic oxidation sites excluding steroid dienone is 1. The van der Waals surface area contributed by atoms with Crippen molar-refractivity contribution in [2.75, 3.05) is 19.7 Å². The van der Waals surface area contributed by atoms with Gasteiger partial charge in [0.1, 0.15) is 12.7 Å². The first kappa shape index (κ1) is 18.1. The number of aliphatic hydroxyl groups is 1. The van der Waals surface area contributed by atoms with Gasteiger partial charge in [-0.05, 0) is 37.7 Å². The van der Waals surface area contributed by atoms with E-state index in [4.69, 9.17) is 9.47 Å². The minimum Gasteiger partial charge on any atom is -0.459 e. The molecule has 138 valence electrons. The van der Waals surface area contributed by atoms with Gasteiger partial charge in [0.25, 0.3) is 0 Å². The molecule has 2 fully saturated rings. The van der Waals surface area contributed by atoms with Gasteiger partial charge in [-0.25, -0.2) is 9.59 Å². The molecule has 25 heavy (non-hydrogen) atoms. The molecule has 2 saturated heterocycles. The van der Waals surface area contributed by atoms with Crippen LogP contribution in [0.3, 0.4) is 0 Å². The molecule has 0 aromatic carbocycles. The lowest BCUT2D eigenvalue weighted by Crippen LogP contribution is -2.47. The third-order valence-electron chi connectivity index (χ3n) is 5.89. The van der Waals surface area contributed by atoms with Crippen molar-refractivity contribution in [2.24, 2.45) is 5.92 Å². The first-order chi connectivity index (χ1) is 11.9. The summed E-state index contributed by atoms with van der Waals surface area (Å²) in [5, 5.41) is 10.9. The Labute approximate surface area is 148 Å². The van der Waals surface area contributed by atoms with Crippen LogP contribution in [0.5, 0.6) is 0 Å². The number of esters is 2. The van der Waals surface area contributed by atoms with Crippen LogP contribution in [-0.4, -0.2) is 59.4 Å². The zero-order valence-corrected chi connectivity index (χ0v) is 15.2. The van der Waals surface area contributed by atoms with E-state index in [0.717, 1.165) is 25.1 Å². The number of carbonyl (C=O) groups excluding carboxylic acids is 2. The first-order valence-electron chi connectivity index (χ1n) is 9.09.